The third kappa shape index (κ3) is 6.30. The predicted octanol–water partition coefficient (Wildman–Crippen LogP) is 1.74. The van der Waals surface area contributed by atoms with E-state index in [1.54, 1.807) is 14.1 Å². The zero-order chi connectivity index (χ0) is 21.2. The fraction of sp³-hybridized carbons (Fsp3) is 0.391. The van der Waals surface area contributed by atoms with E-state index in [1.165, 1.54) is 11.1 Å². The topological polar surface area (TPSA) is 78.0 Å². The predicted molar refractivity (Wildman–Crippen MR) is 119 cm³/mol. The number of hydrogen-bond acceptors (Lipinski definition) is 4. The minimum absolute atomic E-state index is 0.0808. The molecule has 1 saturated heterocycles. The SMILES string of the molecule is CN=C(NCc1ccc(C(=O)NC)cc1)NCc1ccccc1CN1CCOCC1. The van der Waals surface area contributed by atoms with E-state index in [9.17, 15) is 4.79 Å². The number of nitrogens with zero attached hydrogens (tertiary/aromatic N) is 2. The van der Waals surface area contributed by atoms with E-state index < -0.39 is 0 Å². The molecule has 30 heavy (non-hydrogen) atoms. The molecule has 0 unspecified atom stereocenters. The van der Waals surface area contributed by atoms with Gasteiger partial charge in [0.1, 0.15) is 0 Å². The first-order valence-electron chi connectivity index (χ1n) is 10.3. The first-order valence-corrected chi connectivity index (χ1v) is 10.3. The monoisotopic (exact) mass is 409 g/mol. The van der Waals surface area contributed by atoms with Gasteiger partial charge < -0.3 is 20.7 Å². The molecule has 3 rings (SSSR count). The van der Waals surface area contributed by atoms with Gasteiger partial charge in [-0.15, -0.1) is 0 Å². The van der Waals surface area contributed by atoms with Crippen LogP contribution in [0.3, 0.4) is 0 Å². The Morgan fingerprint density at radius 3 is 2.33 bits per heavy atom. The number of guanidine groups is 1. The van der Waals surface area contributed by atoms with Gasteiger partial charge in [-0.25, -0.2) is 0 Å². The van der Waals surface area contributed by atoms with E-state index >= 15 is 0 Å². The number of rotatable bonds is 7. The molecule has 0 spiro atoms. The van der Waals surface area contributed by atoms with Gasteiger partial charge in [0, 0.05) is 52.4 Å². The Hall–Kier alpha value is -2.90. The maximum atomic E-state index is 11.6. The first kappa shape index (κ1) is 21.8. The minimum Gasteiger partial charge on any atom is -0.379 e. The summed E-state index contributed by atoms with van der Waals surface area (Å²) < 4.78 is 5.45. The number of carbonyl (C=O) groups excluding carboxylic acids is 1. The van der Waals surface area contributed by atoms with Crippen molar-refractivity contribution in [1.82, 2.24) is 20.9 Å². The molecule has 2 aromatic rings. The van der Waals surface area contributed by atoms with Crippen molar-refractivity contribution in [2.75, 3.05) is 40.4 Å². The molecule has 0 atom stereocenters. The molecule has 0 bridgehead atoms. The van der Waals surface area contributed by atoms with Crippen molar-refractivity contribution in [3.05, 3.63) is 70.8 Å². The number of hydrogen-bond donors (Lipinski definition) is 3. The highest BCUT2D eigenvalue weighted by atomic mass is 16.5. The van der Waals surface area contributed by atoms with Crippen molar-refractivity contribution in [2.24, 2.45) is 4.99 Å². The first-order chi connectivity index (χ1) is 14.7. The highest BCUT2D eigenvalue weighted by molar-refractivity contribution is 5.93. The summed E-state index contributed by atoms with van der Waals surface area (Å²) in [4.78, 5) is 18.4. The Morgan fingerprint density at radius 1 is 1.00 bits per heavy atom. The van der Waals surface area contributed by atoms with E-state index in [4.69, 9.17) is 4.74 Å². The van der Waals surface area contributed by atoms with E-state index in [2.05, 4.69) is 50.1 Å². The molecule has 0 aromatic heterocycles. The Bertz CT molecular complexity index is 845. The molecule has 0 aliphatic carbocycles. The molecular formula is C23H31N5O2. The summed E-state index contributed by atoms with van der Waals surface area (Å²) in [6.45, 7) is 5.83. The van der Waals surface area contributed by atoms with Gasteiger partial charge in [-0.3, -0.25) is 14.7 Å². The lowest BCUT2D eigenvalue weighted by atomic mass is 10.1. The molecule has 0 radical (unpaired) electrons. The molecule has 0 saturated carbocycles. The Kier molecular flexibility index (Phi) is 8.23. The summed E-state index contributed by atoms with van der Waals surface area (Å²) >= 11 is 0. The summed E-state index contributed by atoms with van der Waals surface area (Å²) in [6, 6.07) is 16.1. The van der Waals surface area contributed by atoms with Crippen molar-refractivity contribution < 1.29 is 9.53 Å². The molecule has 7 nitrogen and oxygen atoms in total. The van der Waals surface area contributed by atoms with Crippen LogP contribution in [-0.2, 0) is 24.4 Å². The molecule has 3 N–H and O–H groups in total. The zero-order valence-corrected chi connectivity index (χ0v) is 17.8. The number of amides is 1. The number of benzene rings is 2. The second kappa shape index (κ2) is 11.3. The highest BCUT2D eigenvalue weighted by Gasteiger charge is 2.13. The fourth-order valence-corrected chi connectivity index (χ4v) is 3.39. The van der Waals surface area contributed by atoms with Crippen LogP contribution in [0.5, 0.6) is 0 Å². The van der Waals surface area contributed by atoms with Crippen molar-refractivity contribution in [1.29, 1.82) is 0 Å². The van der Waals surface area contributed by atoms with Gasteiger partial charge in [0.05, 0.1) is 13.2 Å². The third-order valence-corrected chi connectivity index (χ3v) is 5.19. The average molecular weight is 410 g/mol. The van der Waals surface area contributed by atoms with E-state index in [-0.39, 0.29) is 5.91 Å². The van der Waals surface area contributed by atoms with Crippen LogP contribution >= 0.6 is 0 Å². The molecule has 2 aromatic carbocycles. The van der Waals surface area contributed by atoms with Gasteiger partial charge in [-0.1, -0.05) is 36.4 Å². The summed E-state index contributed by atoms with van der Waals surface area (Å²) in [5.74, 6) is 0.661. The summed E-state index contributed by atoms with van der Waals surface area (Å²) in [7, 11) is 3.40. The lowest BCUT2D eigenvalue weighted by Crippen LogP contribution is -2.37. The molecule has 1 heterocycles. The van der Waals surface area contributed by atoms with Crippen LogP contribution in [0.4, 0.5) is 0 Å². The number of nitrogens with one attached hydrogen (secondary N) is 3. The van der Waals surface area contributed by atoms with E-state index in [1.807, 2.05) is 24.3 Å². The normalized spacial score (nSPS) is 14.9. The maximum Gasteiger partial charge on any atom is 0.251 e. The van der Waals surface area contributed by atoms with E-state index in [0.29, 0.717) is 18.7 Å². The quantitative estimate of drug-likeness (QED) is 0.480. The van der Waals surface area contributed by atoms with Crippen LogP contribution in [0.1, 0.15) is 27.0 Å². The largest absolute Gasteiger partial charge is 0.379 e. The van der Waals surface area contributed by atoms with Crippen molar-refractivity contribution in [3.63, 3.8) is 0 Å². The van der Waals surface area contributed by atoms with Crippen LogP contribution in [0, 0.1) is 0 Å². The van der Waals surface area contributed by atoms with Gasteiger partial charge in [0.25, 0.3) is 5.91 Å². The van der Waals surface area contributed by atoms with Gasteiger partial charge >= 0.3 is 0 Å². The van der Waals surface area contributed by atoms with E-state index in [0.717, 1.165) is 44.4 Å². The summed E-state index contributed by atoms with van der Waals surface area (Å²) in [5.41, 5.74) is 4.33. The molecule has 7 heteroatoms. The maximum absolute atomic E-state index is 11.6. The van der Waals surface area contributed by atoms with Crippen LogP contribution in [-0.4, -0.2) is 57.2 Å². The molecule has 1 aliphatic heterocycles. The third-order valence-electron chi connectivity index (χ3n) is 5.19. The zero-order valence-electron chi connectivity index (χ0n) is 17.8. The lowest BCUT2D eigenvalue weighted by Gasteiger charge is -2.27. The second-order valence-corrected chi connectivity index (χ2v) is 7.21. The standard InChI is InChI=1S/C23H31N5O2/c1-24-22(29)19-9-7-18(8-10-19)15-26-23(25-2)27-16-20-5-3-4-6-21(20)17-28-11-13-30-14-12-28/h3-10H,11-17H2,1-2H3,(H,24,29)(H2,25,26,27). The molecule has 1 fully saturated rings. The second-order valence-electron chi connectivity index (χ2n) is 7.21. The van der Waals surface area contributed by atoms with Crippen LogP contribution in [0.2, 0.25) is 0 Å². The highest BCUT2D eigenvalue weighted by Crippen LogP contribution is 2.13. The van der Waals surface area contributed by atoms with Crippen LogP contribution < -0.4 is 16.0 Å². The van der Waals surface area contributed by atoms with Crippen molar-refractivity contribution in [2.45, 2.75) is 19.6 Å². The van der Waals surface area contributed by atoms with Gasteiger partial charge in [-0.2, -0.15) is 0 Å². The Morgan fingerprint density at radius 2 is 1.67 bits per heavy atom. The molecule has 160 valence electrons. The van der Waals surface area contributed by atoms with Crippen LogP contribution in [0.25, 0.3) is 0 Å². The number of aliphatic imine (C=N–C) groups is 1. The average Bonchev–Trinajstić information content (AvgIpc) is 2.80. The molecular weight excluding hydrogens is 378 g/mol. The smallest absolute Gasteiger partial charge is 0.251 e. The summed E-state index contributed by atoms with van der Waals surface area (Å²) in [6.07, 6.45) is 0. The lowest BCUT2D eigenvalue weighted by molar-refractivity contribution is 0.0341. The summed E-state index contributed by atoms with van der Waals surface area (Å²) in [5, 5.41) is 9.36. The van der Waals surface area contributed by atoms with Crippen molar-refractivity contribution >= 4 is 11.9 Å². The van der Waals surface area contributed by atoms with Crippen molar-refractivity contribution in [3.8, 4) is 0 Å². The fourth-order valence-electron chi connectivity index (χ4n) is 3.39. The minimum atomic E-state index is -0.0808. The van der Waals surface area contributed by atoms with Gasteiger partial charge in [-0.05, 0) is 28.8 Å². The Labute approximate surface area is 178 Å². The van der Waals surface area contributed by atoms with Crippen LogP contribution in [0.15, 0.2) is 53.5 Å². The molecule has 1 aliphatic rings. The molecule has 1 amide bonds. The Balaban J connectivity index is 1.52. The number of ether oxygens (including phenoxy) is 1. The number of carbonyl (C=O) groups is 1. The van der Waals surface area contributed by atoms with Gasteiger partial charge in [0.2, 0.25) is 0 Å². The number of morpholine rings is 1. The van der Waals surface area contributed by atoms with Gasteiger partial charge in [0.15, 0.2) is 5.96 Å².